The Morgan fingerprint density at radius 1 is 1.04 bits per heavy atom. The Balaban J connectivity index is 1.83. The second-order valence-electron chi connectivity index (χ2n) is 5.47. The quantitative estimate of drug-likeness (QED) is 0.700. The normalized spacial score (nSPS) is 11.6. The molecule has 1 heterocycles. The number of aromatic nitrogens is 1. The van der Waals surface area contributed by atoms with Crippen LogP contribution in [0.1, 0.15) is 22.3 Å². The lowest BCUT2D eigenvalue weighted by Gasteiger charge is -2.12. The van der Waals surface area contributed by atoms with E-state index in [1.165, 1.54) is 0 Å². The molecule has 0 atom stereocenters. The first-order valence-corrected chi connectivity index (χ1v) is 7.46. The number of para-hydroxylation sites is 2. The van der Waals surface area contributed by atoms with Crippen molar-refractivity contribution in [3.63, 3.8) is 0 Å². The van der Waals surface area contributed by atoms with Crippen molar-refractivity contribution in [2.24, 2.45) is 0 Å². The number of halogens is 3. The van der Waals surface area contributed by atoms with Gasteiger partial charge in [-0.1, -0.05) is 30.3 Å². The zero-order valence-corrected chi connectivity index (χ0v) is 12.7. The maximum Gasteiger partial charge on any atom is 0.389 e. The molecular weight excluding hydrogens is 317 g/mol. The molecule has 0 aliphatic carbocycles. The predicted molar refractivity (Wildman–Crippen MR) is 87.1 cm³/mol. The van der Waals surface area contributed by atoms with Gasteiger partial charge in [0.05, 0.1) is 11.1 Å². The molecule has 3 aromatic rings. The fraction of sp³-hybridized carbons (Fsp3) is 0.167. The molecule has 2 N–H and O–H groups in total. The highest BCUT2D eigenvalue weighted by Gasteiger charge is 2.27. The van der Waals surface area contributed by atoms with Gasteiger partial charge in [0.15, 0.2) is 0 Å². The van der Waals surface area contributed by atoms with Crippen LogP contribution in [0, 0.1) is 0 Å². The Bertz CT molecular complexity index is 868. The molecular formula is C18H15F3N2O. The minimum absolute atomic E-state index is 0.174. The Morgan fingerprint density at radius 2 is 1.83 bits per heavy atom. The molecule has 3 nitrogen and oxygen atoms in total. The molecule has 0 saturated carbocycles. The van der Waals surface area contributed by atoms with E-state index in [0.717, 1.165) is 5.39 Å². The summed E-state index contributed by atoms with van der Waals surface area (Å²) in [7, 11) is 0. The first-order valence-electron chi connectivity index (χ1n) is 7.46. The van der Waals surface area contributed by atoms with Crippen molar-refractivity contribution in [1.29, 1.82) is 0 Å². The summed E-state index contributed by atoms with van der Waals surface area (Å²) >= 11 is 0. The lowest BCUT2D eigenvalue weighted by molar-refractivity contribution is -0.133. The van der Waals surface area contributed by atoms with E-state index in [2.05, 4.69) is 10.3 Å². The minimum atomic E-state index is -4.23. The molecule has 0 aliphatic heterocycles. The molecule has 0 spiro atoms. The molecule has 1 aromatic heterocycles. The van der Waals surface area contributed by atoms with Gasteiger partial charge in [-0.2, -0.15) is 13.2 Å². The number of nitrogens with one attached hydrogen (secondary N) is 2. The van der Waals surface area contributed by atoms with Gasteiger partial charge in [0.1, 0.15) is 0 Å². The average Bonchev–Trinajstić information content (AvgIpc) is 3.01. The number of H-pyrrole nitrogens is 1. The fourth-order valence-corrected chi connectivity index (χ4v) is 2.60. The summed E-state index contributed by atoms with van der Waals surface area (Å²) in [5, 5.41) is 3.62. The van der Waals surface area contributed by atoms with Crippen LogP contribution in [-0.2, 0) is 6.42 Å². The summed E-state index contributed by atoms with van der Waals surface area (Å²) in [4.78, 5) is 15.5. The highest BCUT2D eigenvalue weighted by molar-refractivity contribution is 6.12. The third-order valence-electron chi connectivity index (χ3n) is 3.78. The van der Waals surface area contributed by atoms with Crippen LogP contribution in [-0.4, -0.2) is 17.1 Å². The number of alkyl halides is 3. The second kappa shape index (κ2) is 6.39. The van der Waals surface area contributed by atoms with Gasteiger partial charge in [0, 0.05) is 23.7 Å². The van der Waals surface area contributed by atoms with Crippen molar-refractivity contribution < 1.29 is 18.0 Å². The molecule has 6 heteroatoms. The van der Waals surface area contributed by atoms with Crippen molar-refractivity contribution in [2.75, 3.05) is 5.32 Å². The minimum Gasteiger partial charge on any atom is -0.361 e. The molecule has 0 unspecified atom stereocenters. The van der Waals surface area contributed by atoms with E-state index in [1.54, 1.807) is 42.6 Å². The number of aromatic amines is 1. The van der Waals surface area contributed by atoms with Crippen molar-refractivity contribution in [3.05, 3.63) is 65.9 Å². The van der Waals surface area contributed by atoms with Crippen LogP contribution in [0.5, 0.6) is 0 Å². The van der Waals surface area contributed by atoms with Crippen molar-refractivity contribution in [3.8, 4) is 0 Å². The van der Waals surface area contributed by atoms with Crippen molar-refractivity contribution in [1.82, 2.24) is 4.98 Å². The van der Waals surface area contributed by atoms with Gasteiger partial charge < -0.3 is 10.3 Å². The maximum absolute atomic E-state index is 12.5. The summed E-state index contributed by atoms with van der Waals surface area (Å²) in [6, 6.07) is 13.7. The maximum atomic E-state index is 12.5. The van der Waals surface area contributed by atoms with E-state index in [-0.39, 0.29) is 12.3 Å². The molecule has 0 aliphatic rings. The number of aryl methyl sites for hydroxylation is 1. The number of carbonyl (C=O) groups excluding carboxylic acids is 1. The van der Waals surface area contributed by atoms with Crippen LogP contribution in [0.3, 0.4) is 0 Å². The summed E-state index contributed by atoms with van der Waals surface area (Å²) in [6.07, 6.45) is -3.59. The topological polar surface area (TPSA) is 44.9 Å². The number of fused-ring (bicyclic) bond motifs is 1. The van der Waals surface area contributed by atoms with Crippen LogP contribution in [0.2, 0.25) is 0 Å². The number of anilines is 1. The Morgan fingerprint density at radius 3 is 2.62 bits per heavy atom. The van der Waals surface area contributed by atoms with Crippen LogP contribution in [0.4, 0.5) is 18.9 Å². The SMILES string of the molecule is O=C(Nc1ccccc1CCC(F)(F)F)c1cccc2cc[nH]c12. The standard InChI is InChI=1S/C18H15F3N2O/c19-18(20,21)10-8-12-4-1-2-7-15(12)23-17(24)14-6-3-5-13-9-11-22-16(13)14/h1-7,9,11,22H,8,10H2,(H,23,24). The van der Waals surface area contributed by atoms with Crippen LogP contribution >= 0.6 is 0 Å². The second-order valence-corrected chi connectivity index (χ2v) is 5.47. The van der Waals surface area contributed by atoms with Crippen LogP contribution in [0.25, 0.3) is 10.9 Å². The monoisotopic (exact) mass is 332 g/mol. The molecule has 0 radical (unpaired) electrons. The summed E-state index contributed by atoms with van der Waals surface area (Å²) < 4.78 is 37.3. The highest BCUT2D eigenvalue weighted by Crippen LogP contribution is 2.26. The number of hydrogen-bond acceptors (Lipinski definition) is 1. The molecule has 0 bridgehead atoms. The zero-order valence-electron chi connectivity index (χ0n) is 12.7. The van der Waals surface area contributed by atoms with Gasteiger partial charge >= 0.3 is 6.18 Å². The molecule has 24 heavy (non-hydrogen) atoms. The molecule has 3 rings (SSSR count). The highest BCUT2D eigenvalue weighted by atomic mass is 19.4. The van der Waals surface area contributed by atoms with E-state index in [0.29, 0.717) is 22.3 Å². The van der Waals surface area contributed by atoms with Gasteiger partial charge in [-0.05, 0) is 30.2 Å². The number of carbonyl (C=O) groups is 1. The van der Waals surface area contributed by atoms with Gasteiger partial charge in [-0.3, -0.25) is 4.79 Å². The molecule has 2 aromatic carbocycles. The largest absolute Gasteiger partial charge is 0.389 e. The molecule has 124 valence electrons. The van der Waals surface area contributed by atoms with E-state index < -0.39 is 12.6 Å². The third kappa shape index (κ3) is 3.59. The van der Waals surface area contributed by atoms with Crippen LogP contribution < -0.4 is 5.32 Å². The number of benzene rings is 2. The summed E-state index contributed by atoms with van der Waals surface area (Å²) in [6.45, 7) is 0. The van der Waals surface area contributed by atoms with Gasteiger partial charge in [-0.25, -0.2) is 0 Å². The van der Waals surface area contributed by atoms with Gasteiger partial charge in [0.2, 0.25) is 0 Å². The number of amides is 1. The Hall–Kier alpha value is -2.76. The number of hydrogen-bond donors (Lipinski definition) is 2. The average molecular weight is 332 g/mol. The first kappa shape index (κ1) is 16.1. The first-order chi connectivity index (χ1) is 11.4. The van der Waals surface area contributed by atoms with E-state index >= 15 is 0 Å². The lowest BCUT2D eigenvalue weighted by atomic mass is 10.1. The zero-order chi connectivity index (χ0) is 17.2. The van der Waals surface area contributed by atoms with Crippen LogP contribution in [0.15, 0.2) is 54.7 Å². The van der Waals surface area contributed by atoms with E-state index in [1.807, 2.05) is 12.1 Å². The van der Waals surface area contributed by atoms with Gasteiger partial charge in [-0.15, -0.1) is 0 Å². The van der Waals surface area contributed by atoms with Crippen molar-refractivity contribution in [2.45, 2.75) is 19.0 Å². The summed E-state index contributed by atoms with van der Waals surface area (Å²) in [5.41, 5.74) is 2.00. The van der Waals surface area contributed by atoms with Crippen molar-refractivity contribution >= 4 is 22.5 Å². The Kier molecular flexibility index (Phi) is 4.29. The summed E-state index contributed by atoms with van der Waals surface area (Å²) in [5.74, 6) is -0.359. The lowest BCUT2D eigenvalue weighted by Crippen LogP contribution is -2.15. The predicted octanol–water partition coefficient (Wildman–Crippen LogP) is 4.92. The molecule has 0 saturated heterocycles. The molecule has 0 fully saturated rings. The van der Waals surface area contributed by atoms with E-state index in [4.69, 9.17) is 0 Å². The smallest absolute Gasteiger partial charge is 0.361 e. The van der Waals surface area contributed by atoms with Gasteiger partial charge in [0.25, 0.3) is 5.91 Å². The molecule has 1 amide bonds. The third-order valence-corrected chi connectivity index (χ3v) is 3.78. The van der Waals surface area contributed by atoms with E-state index in [9.17, 15) is 18.0 Å². The fourth-order valence-electron chi connectivity index (χ4n) is 2.60. The number of rotatable bonds is 4. The Labute approximate surface area is 136 Å².